The molecular weight excluding hydrogens is 250 g/mol. The minimum Gasteiger partial charge on any atom is -0.467 e. The van der Waals surface area contributed by atoms with Crippen molar-refractivity contribution >= 4 is 16.5 Å². The second-order valence-corrected chi connectivity index (χ2v) is 4.57. The van der Waals surface area contributed by atoms with Crippen molar-refractivity contribution in [2.45, 2.75) is 6.04 Å². The maximum absolute atomic E-state index is 5.46. The number of nitrogens with one attached hydrogen (secondary N) is 1. The molecule has 1 N–H and O–H groups in total. The Labute approximate surface area is 107 Å². The molecule has 3 aromatic rings. The maximum atomic E-state index is 5.46. The number of aromatic nitrogens is 4. The Morgan fingerprint density at radius 1 is 1.50 bits per heavy atom. The van der Waals surface area contributed by atoms with E-state index in [2.05, 4.69) is 20.5 Å². The highest BCUT2D eigenvalue weighted by atomic mass is 32.1. The van der Waals surface area contributed by atoms with E-state index in [4.69, 9.17) is 4.42 Å². The van der Waals surface area contributed by atoms with Crippen molar-refractivity contribution in [3.05, 3.63) is 47.9 Å². The van der Waals surface area contributed by atoms with Crippen LogP contribution in [0.15, 0.2) is 40.7 Å². The molecule has 3 rings (SSSR count). The van der Waals surface area contributed by atoms with Crippen molar-refractivity contribution in [3.63, 3.8) is 0 Å². The van der Waals surface area contributed by atoms with Gasteiger partial charge in [0.2, 0.25) is 5.13 Å². The number of imidazole rings is 1. The minimum atomic E-state index is -0.173. The van der Waals surface area contributed by atoms with Crippen molar-refractivity contribution in [2.75, 3.05) is 5.32 Å². The number of rotatable bonds is 4. The normalized spacial score (nSPS) is 12.5. The second-order valence-electron chi connectivity index (χ2n) is 3.73. The van der Waals surface area contributed by atoms with Gasteiger partial charge in [0.1, 0.15) is 23.1 Å². The summed E-state index contributed by atoms with van der Waals surface area (Å²) in [4.78, 5) is 4.35. The molecule has 0 amide bonds. The van der Waals surface area contributed by atoms with Crippen LogP contribution in [0.4, 0.5) is 5.13 Å². The second kappa shape index (κ2) is 4.61. The van der Waals surface area contributed by atoms with Crippen LogP contribution in [0.3, 0.4) is 0 Å². The van der Waals surface area contributed by atoms with Gasteiger partial charge >= 0.3 is 0 Å². The van der Waals surface area contributed by atoms with Gasteiger partial charge in [0.25, 0.3) is 0 Å². The van der Waals surface area contributed by atoms with Crippen molar-refractivity contribution in [3.8, 4) is 0 Å². The molecule has 3 heterocycles. The molecule has 3 aromatic heterocycles. The number of anilines is 1. The van der Waals surface area contributed by atoms with E-state index >= 15 is 0 Å². The fraction of sp³-hybridized carbons (Fsp3) is 0.182. The molecule has 0 saturated heterocycles. The average molecular weight is 261 g/mol. The van der Waals surface area contributed by atoms with Crippen molar-refractivity contribution in [1.29, 1.82) is 0 Å². The summed E-state index contributed by atoms with van der Waals surface area (Å²) in [6.45, 7) is 0. The van der Waals surface area contributed by atoms with Gasteiger partial charge in [-0.2, -0.15) is 0 Å². The van der Waals surface area contributed by atoms with Crippen LogP contribution in [-0.2, 0) is 7.05 Å². The predicted molar refractivity (Wildman–Crippen MR) is 67.3 cm³/mol. The van der Waals surface area contributed by atoms with Crippen LogP contribution in [0.5, 0.6) is 0 Å². The highest BCUT2D eigenvalue weighted by Gasteiger charge is 2.21. The molecule has 0 aromatic carbocycles. The first kappa shape index (κ1) is 11.0. The number of nitrogens with zero attached hydrogens (tertiary/aromatic N) is 4. The fourth-order valence-electron chi connectivity index (χ4n) is 1.73. The number of furan rings is 1. The van der Waals surface area contributed by atoms with Crippen LogP contribution in [0.25, 0.3) is 0 Å². The van der Waals surface area contributed by atoms with E-state index in [1.165, 1.54) is 11.3 Å². The molecular formula is C11H11N5OS. The van der Waals surface area contributed by atoms with Crippen LogP contribution in [0, 0.1) is 0 Å². The summed E-state index contributed by atoms with van der Waals surface area (Å²) in [5.41, 5.74) is 1.68. The van der Waals surface area contributed by atoms with Crippen LogP contribution in [0.2, 0.25) is 0 Å². The lowest BCUT2D eigenvalue weighted by Crippen LogP contribution is -2.16. The van der Waals surface area contributed by atoms with E-state index < -0.39 is 0 Å². The first-order valence-electron chi connectivity index (χ1n) is 5.38. The van der Waals surface area contributed by atoms with Crippen LogP contribution in [-0.4, -0.2) is 19.7 Å². The van der Waals surface area contributed by atoms with Gasteiger partial charge in [-0.05, 0) is 12.1 Å². The van der Waals surface area contributed by atoms with E-state index in [-0.39, 0.29) is 6.04 Å². The van der Waals surface area contributed by atoms with E-state index in [1.807, 2.05) is 29.9 Å². The third-order valence-electron chi connectivity index (χ3n) is 2.57. The van der Waals surface area contributed by atoms with E-state index in [0.717, 1.165) is 16.7 Å². The summed E-state index contributed by atoms with van der Waals surface area (Å²) in [6, 6.07) is 3.59. The minimum absolute atomic E-state index is 0.173. The zero-order valence-corrected chi connectivity index (χ0v) is 10.5. The molecule has 0 bridgehead atoms. The average Bonchev–Trinajstić information content (AvgIpc) is 3.09. The van der Waals surface area contributed by atoms with E-state index in [9.17, 15) is 0 Å². The van der Waals surface area contributed by atoms with Crippen molar-refractivity contribution in [1.82, 2.24) is 19.7 Å². The topological polar surface area (TPSA) is 68.8 Å². The Balaban J connectivity index is 1.97. The molecule has 92 valence electrons. The van der Waals surface area contributed by atoms with Crippen LogP contribution in [0.1, 0.15) is 17.6 Å². The van der Waals surface area contributed by atoms with Crippen molar-refractivity contribution in [2.24, 2.45) is 7.05 Å². The Morgan fingerprint density at radius 2 is 2.44 bits per heavy atom. The van der Waals surface area contributed by atoms with E-state index in [1.54, 1.807) is 18.0 Å². The standard InChI is InChI=1S/C11H11N5OS/c1-16-5-4-12-10(16)9(8-3-2-6-17-8)14-11-15-13-7-18-11/h2-7,9H,1H3,(H,14,15). The highest BCUT2D eigenvalue weighted by Crippen LogP contribution is 2.26. The molecule has 6 nitrogen and oxygen atoms in total. The fourth-order valence-corrected chi connectivity index (χ4v) is 2.21. The summed E-state index contributed by atoms with van der Waals surface area (Å²) in [7, 11) is 1.94. The summed E-state index contributed by atoms with van der Waals surface area (Å²) in [5.74, 6) is 1.65. The van der Waals surface area contributed by atoms with Crippen LogP contribution >= 0.6 is 11.3 Å². The molecule has 0 aliphatic rings. The first-order chi connectivity index (χ1) is 8.84. The Morgan fingerprint density at radius 3 is 3.06 bits per heavy atom. The third kappa shape index (κ3) is 2.00. The molecule has 7 heteroatoms. The first-order valence-corrected chi connectivity index (χ1v) is 6.26. The molecule has 0 saturated carbocycles. The smallest absolute Gasteiger partial charge is 0.206 e. The SMILES string of the molecule is Cn1ccnc1C(Nc1nncs1)c1ccco1. The van der Waals surface area contributed by atoms with Gasteiger partial charge in [0.05, 0.1) is 6.26 Å². The largest absolute Gasteiger partial charge is 0.467 e. The zero-order chi connectivity index (χ0) is 12.4. The summed E-state index contributed by atoms with van der Waals surface area (Å²) >= 11 is 1.44. The molecule has 1 atom stereocenters. The molecule has 0 aliphatic carbocycles. The molecule has 0 radical (unpaired) electrons. The Bertz CT molecular complexity index is 601. The number of aryl methyl sites for hydroxylation is 1. The summed E-state index contributed by atoms with van der Waals surface area (Å²) in [5, 5.41) is 11.8. The van der Waals surface area contributed by atoms with E-state index in [0.29, 0.717) is 0 Å². The lowest BCUT2D eigenvalue weighted by molar-refractivity contribution is 0.488. The Kier molecular flexibility index (Phi) is 2.81. The molecule has 1 unspecified atom stereocenters. The monoisotopic (exact) mass is 261 g/mol. The quantitative estimate of drug-likeness (QED) is 0.778. The van der Waals surface area contributed by atoms with Gasteiger partial charge in [-0.3, -0.25) is 0 Å². The van der Waals surface area contributed by atoms with Crippen molar-refractivity contribution < 1.29 is 4.42 Å². The molecule has 18 heavy (non-hydrogen) atoms. The van der Waals surface area contributed by atoms with Gasteiger partial charge in [-0.15, -0.1) is 10.2 Å². The van der Waals surface area contributed by atoms with Gasteiger partial charge in [-0.25, -0.2) is 4.98 Å². The van der Waals surface area contributed by atoms with Gasteiger partial charge in [-0.1, -0.05) is 11.3 Å². The van der Waals surface area contributed by atoms with Crippen LogP contribution < -0.4 is 5.32 Å². The maximum Gasteiger partial charge on any atom is 0.206 e. The molecule has 0 aliphatic heterocycles. The van der Waals surface area contributed by atoms with Gasteiger partial charge in [0, 0.05) is 19.4 Å². The Hall–Kier alpha value is -2.15. The lowest BCUT2D eigenvalue weighted by Gasteiger charge is -2.15. The third-order valence-corrected chi connectivity index (χ3v) is 3.19. The molecule has 0 spiro atoms. The summed E-state index contributed by atoms with van der Waals surface area (Å²) in [6.07, 6.45) is 5.30. The van der Waals surface area contributed by atoms with Gasteiger partial charge < -0.3 is 14.3 Å². The molecule has 0 fully saturated rings. The van der Waals surface area contributed by atoms with Gasteiger partial charge in [0.15, 0.2) is 0 Å². The highest BCUT2D eigenvalue weighted by molar-refractivity contribution is 7.13. The summed E-state index contributed by atoms with van der Waals surface area (Å²) < 4.78 is 7.41. The number of hydrogen-bond donors (Lipinski definition) is 1. The lowest BCUT2D eigenvalue weighted by atomic mass is 10.2. The zero-order valence-electron chi connectivity index (χ0n) is 9.65. The predicted octanol–water partition coefficient (Wildman–Crippen LogP) is 2.07. The number of hydrogen-bond acceptors (Lipinski definition) is 6.